The van der Waals surface area contributed by atoms with Crippen LogP contribution >= 0.6 is 15.9 Å². The van der Waals surface area contributed by atoms with Crippen molar-refractivity contribution in [3.63, 3.8) is 0 Å². The highest BCUT2D eigenvalue weighted by atomic mass is 79.9. The molecule has 0 saturated heterocycles. The minimum Gasteiger partial charge on any atom is -0.508 e. The maximum Gasteiger partial charge on any atom is 0.132 e. The third-order valence-electron chi connectivity index (χ3n) is 8.38. The highest BCUT2D eigenvalue weighted by molar-refractivity contribution is 9.10. The average molecular weight is 516 g/mol. The number of benzene rings is 2. The molecule has 0 aliphatic heterocycles. The molecule has 0 atom stereocenters. The number of halogens is 1. The van der Waals surface area contributed by atoms with Gasteiger partial charge < -0.3 is 10.2 Å². The number of rotatable bonds is 0. The van der Waals surface area contributed by atoms with Gasteiger partial charge in [-0.2, -0.15) is 0 Å². The summed E-state index contributed by atoms with van der Waals surface area (Å²) >= 11 is 3.59. The van der Waals surface area contributed by atoms with Crippen LogP contribution in [0.4, 0.5) is 0 Å². The average Bonchev–Trinajstić information content (AvgIpc) is 2.69. The van der Waals surface area contributed by atoms with Crippen LogP contribution in [0.15, 0.2) is 22.7 Å². The summed E-state index contributed by atoms with van der Waals surface area (Å²) < 4.78 is 0.894. The van der Waals surface area contributed by atoms with Crippen molar-refractivity contribution < 1.29 is 10.2 Å². The lowest BCUT2D eigenvalue weighted by Gasteiger charge is -2.42. The van der Waals surface area contributed by atoms with Gasteiger partial charge in [0.25, 0.3) is 0 Å². The lowest BCUT2D eigenvalue weighted by Crippen LogP contribution is -2.34. The predicted molar refractivity (Wildman–Crippen MR) is 144 cm³/mol. The largest absolute Gasteiger partial charge is 0.508 e. The molecule has 3 heteroatoms. The first kappa shape index (κ1) is 26.1. The molecule has 2 aliphatic carbocycles. The number of aryl methyl sites for hydroxylation is 2. The molecule has 2 aromatic rings. The van der Waals surface area contributed by atoms with Crippen molar-refractivity contribution in [3.05, 3.63) is 56.1 Å². The molecule has 0 aromatic heterocycles. The molecule has 182 valence electrons. The highest BCUT2D eigenvalue weighted by Crippen LogP contribution is 2.51. The Hall–Kier alpha value is -1.48. The number of aromatic hydroxyl groups is 2. The monoisotopic (exact) mass is 514 g/mol. The van der Waals surface area contributed by atoms with Crippen LogP contribution in [-0.2, 0) is 21.7 Å². The molecule has 2 nitrogen and oxygen atoms in total. The van der Waals surface area contributed by atoms with E-state index in [1.165, 1.54) is 41.5 Å². The third-order valence-corrected chi connectivity index (χ3v) is 9.15. The zero-order chi connectivity index (χ0) is 25.1. The molecule has 2 N–H and O–H groups in total. The molecule has 0 fully saturated rings. The fourth-order valence-corrected chi connectivity index (χ4v) is 6.62. The van der Waals surface area contributed by atoms with Gasteiger partial charge in [0.05, 0.1) is 4.47 Å². The van der Waals surface area contributed by atoms with Crippen molar-refractivity contribution in [3.8, 4) is 11.5 Å². The Kier molecular flexibility index (Phi) is 6.59. The maximum atomic E-state index is 10.1. The molecule has 33 heavy (non-hydrogen) atoms. The summed E-state index contributed by atoms with van der Waals surface area (Å²) in [5.41, 5.74) is 8.13. The van der Waals surface area contributed by atoms with Gasteiger partial charge in [-0.05, 0) is 117 Å². The molecule has 0 saturated carbocycles. The molecule has 0 amide bonds. The Labute approximate surface area is 210 Å². The Morgan fingerprint density at radius 1 is 0.606 bits per heavy atom. The van der Waals surface area contributed by atoms with E-state index in [1.807, 2.05) is 19.9 Å². The van der Waals surface area contributed by atoms with E-state index in [9.17, 15) is 10.2 Å². The second-order valence-corrected chi connectivity index (χ2v) is 13.8. The van der Waals surface area contributed by atoms with Crippen molar-refractivity contribution in [1.29, 1.82) is 0 Å². The zero-order valence-corrected chi connectivity index (χ0v) is 23.9. The zero-order valence-electron chi connectivity index (χ0n) is 22.3. The van der Waals surface area contributed by atoms with E-state index >= 15 is 0 Å². The van der Waals surface area contributed by atoms with Gasteiger partial charge in [0.15, 0.2) is 0 Å². The minimum atomic E-state index is 0.134. The van der Waals surface area contributed by atoms with Crippen LogP contribution in [0, 0.1) is 13.8 Å². The second-order valence-electron chi connectivity index (χ2n) is 13.0. The van der Waals surface area contributed by atoms with E-state index in [2.05, 4.69) is 83.5 Å². The number of phenols is 2. The fourth-order valence-electron chi connectivity index (χ4n) is 5.56. The van der Waals surface area contributed by atoms with Crippen LogP contribution in [0.1, 0.15) is 114 Å². The summed E-state index contributed by atoms with van der Waals surface area (Å²) in [6, 6.07) is 6.31. The normalized spacial score (nSPS) is 21.3. The number of hydrogen-bond acceptors (Lipinski definition) is 2. The summed E-state index contributed by atoms with van der Waals surface area (Å²) in [6.07, 6.45) is 4.77. The van der Waals surface area contributed by atoms with Gasteiger partial charge >= 0.3 is 0 Å². The molecule has 0 spiro atoms. The summed E-state index contributed by atoms with van der Waals surface area (Å²) in [5.74, 6) is 0.832. The number of phenolic OH excluding ortho intramolecular Hbond substituents is 2. The van der Waals surface area contributed by atoms with Crippen molar-refractivity contribution >= 4 is 15.9 Å². The first-order valence-electron chi connectivity index (χ1n) is 12.3. The summed E-state index contributed by atoms with van der Waals surface area (Å²) in [4.78, 5) is 0. The van der Waals surface area contributed by atoms with Crippen LogP contribution in [0.2, 0.25) is 0 Å². The van der Waals surface area contributed by atoms with Crippen LogP contribution in [0.25, 0.3) is 0 Å². The lowest BCUT2D eigenvalue weighted by atomic mass is 9.63. The molecule has 2 aromatic carbocycles. The lowest BCUT2D eigenvalue weighted by molar-refractivity contribution is 0.327. The summed E-state index contributed by atoms with van der Waals surface area (Å²) in [7, 11) is 0. The molecule has 0 heterocycles. The number of hydrogen-bond donors (Lipinski definition) is 2. The van der Waals surface area contributed by atoms with Crippen molar-refractivity contribution in [2.45, 2.75) is 117 Å². The van der Waals surface area contributed by atoms with E-state index in [-0.39, 0.29) is 21.7 Å². The van der Waals surface area contributed by atoms with E-state index < -0.39 is 0 Å². The van der Waals surface area contributed by atoms with Gasteiger partial charge in [-0.25, -0.2) is 0 Å². The van der Waals surface area contributed by atoms with Crippen LogP contribution in [0.5, 0.6) is 11.5 Å². The summed E-state index contributed by atoms with van der Waals surface area (Å²) in [5, 5.41) is 20.0. The van der Waals surface area contributed by atoms with Crippen LogP contribution < -0.4 is 0 Å². The Morgan fingerprint density at radius 3 is 1.52 bits per heavy atom. The molecule has 0 radical (unpaired) electrons. The molecular formula is C30H43BrO2. The van der Waals surface area contributed by atoms with Crippen molar-refractivity contribution in [2.75, 3.05) is 0 Å². The Bertz CT molecular complexity index is 1030. The van der Waals surface area contributed by atoms with E-state index in [0.717, 1.165) is 22.0 Å². The minimum absolute atomic E-state index is 0.134. The van der Waals surface area contributed by atoms with E-state index in [4.69, 9.17) is 0 Å². The second kappa shape index (κ2) is 8.33. The van der Waals surface area contributed by atoms with Crippen molar-refractivity contribution in [1.82, 2.24) is 0 Å². The molecular weight excluding hydrogens is 472 g/mol. The standard InChI is InChI=1S/C15H21BrO.C15H22O/c1-9-8-10-11(12(16)13(9)17)15(4,5)7-6-14(10,2)3;1-10-8-11-12(9-13(10)16)15(4,5)7-6-14(11,2)3/h8,17H,6-7H2,1-5H3;8-9,16H,6-7H2,1-5H3. The Morgan fingerprint density at radius 2 is 1.00 bits per heavy atom. The van der Waals surface area contributed by atoms with Gasteiger partial charge in [-0.1, -0.05) is 67.5 Å². The first-order valence-corrected chi connectivity index (χ1v) is 13.1. The predicted octanol–water partition coefficient (Wildman–Crippen LogP) is 8.86. The quantitative estimate of drug-likeness (QED) is 0.368. The van der Waals surface area contributed by atoms with E-state index in [0.29, 0.717) is 11.5 Å². The van der Waals surface area contributed by atoms with Crippen LogP contribution in [0.3, 0.4) is 0 Å². The Balaban J connectivity index is 0.000000186. The highest BCUT2D eigenvalue weighted by Gasteiger charge is 2.40. The molecule has 0 bridgehead atoms. The SMILES string of the molecule is Cc1cc2c(c(Br)c1O)C(C)(C)CCC2(C)C.Cc1cc2c(cc1O)C(C)(C)CCC2(C)C. The van der Waals surface area contributed by atoms with Gasteiger partial charge in [0.2, 0.25) is 0 Å². The molecule has 2 aliphatic rings. The van der Waals surface area contributed by atoms with Gasteiger partial charge in [-0.15, -0.1) is 0 Å². The number of fused-ring (bicyclic) bond motifs is 2. The third kappa shape index (κ3) is 4.72. The maximum absolute atomic E-state index is 10.1. The van der Waals surface area contributed by atoms with Crippen LogP contribution in [-0.4, -0.2) is 10.2 Å². The molecule has 4 rings (SSSR count). The smallest absolute Gasteiger partial charge is 0.132 e. The topological polar surface area (TPSA) is 40.5 Å². The van der Waals surface area contributed by atoms with Gasteiger partial charge in [0.1, 0.15) is 11.5 Å². The molecule has 0 unspecified atom stereocenters. The van der Waals surface area contributed by atoms with Crippen molar-refractivity contribution in [2.24, 2.45) is 0 Å². The van der Waals surface area contributed by atoms with Gasteiger partial charge in [-0.3, -0.25) is 0 Å². The summed E-state index contributed by atoms with van der Waals surface area (Å²) in [6.45, 7) is 22.2. The van der Waals surface area contributed by atoms with E-state index in [1.54, 1.807) is 0 Å². The first-order chi connectivity index (χ1) is 14.9. The van der Waals surface area contributed by atoms with Gasteiger partial charge in [0, 0.05) is 0 Å². The fraction of sp³-hybridized carbons (Fsp3) is 0.600.